The minimum atomic E-state index is 0.316. The maximum atomic E-state index is 6.07. The minimum Gasteiger partial charge on any atom is -0.437 e. The summed E-state index contributed by atoms with van der Waals surface area (Å²) >= 11 is 12.0. The number of halogens is 2. The first-order valence-corrected chi connectivity index (χ1v) is 7.00. The second-order valence-corrected chi connectivity index (χ2v) is 5.23. The molecule has 0 spiro atoms. The fraction of sp³-hybridized carbons (Fsp3) is 0.267. The van der Waals surface area contributed by atoms with E-state index in [4.69, 9.17) is 27.9 Å². The molecule has 2 rings (SSSR count). The summed E-state index contributed by atoms with van der Waals surface area (Å²) in [5.41, 5.74) is 1.95. The lowest BCUT2D eigenvalue weighted by molar-refractivity contribution is 0.459. The molecule has 0 N–H and O–H groups in total. The largest absolute Gasteiger partial charge is 0.437 e. The van der Waals surface area contributed by atoms with E-state index in [0.29, 0.717) is 28.5 Å². The van der Waals surface area contributed by atoms with Crippen molar-refractivity contribution in [2.75, 3.05) is 0 Å². The Hall–Kier alpha value is -1.25. The number of hydrogen-bond acceptors (Lipinski definition) is 2. The van der Waals surface area contributed by atoms with Crippen LogP contribution in [0.15, 0.2) is 36.4 Å². The van der Waals surface area contributed by atoms with Crippen molar-refractivity contribution in [2.45, 2.75) is 25.6 Å². The van der Waals surface area contributed by atoms with Gasteiger partial charge in [-0.15, -0.1) is 11.6 Å². The lowest BCUT2D eigenvalue weighted by atomic mass is 10.1. The molecule has 0 amide bonds. The van der Waals surface area contributed by atoms with Gasteiger partial charge in [0, 0.05) is 17.6 Å². The van der Waals surface area contributed by atoms with Crippen molar-refractivity contribution in [1.29, 1.82) is 0 Å². The summed E-state index contributed by atoms with van der Waals surface area (Å²) in [7, 11) is 0. The Morgan fingerprint density at radius 1 is 1.21 bits per heavy atom. The van der Waals surface area contributed by atoms with Gasteiger partial charge in [-0.1, -0.05) is 37.6 Å². The van der Waals surface area contributed by atoms with Gasteiger partial charge < -0.3 is 4.74 Å². The molecular formula is C15H15Cl2NO. The third-order valence-electron chi connectivity index (χ3n) is 2.68. The molecule has 0 unspecified atom stereocenters. The molecule has 0 saturated heterocycles. The first kappa shape index (κ1) is 14.2. The minimum absolute atomic E-state index is 0.316. The van der Waals surface area contributed by atoms with E-state index in [1.807, 2.05) is 30.3 Å². The summed E-state index contributed by atoms with van der Waals surface area (Å²) in [6.45, 7) is 4.17. The smallest absolute Gasteiger partial charge is 0.219 e. The van der Waals surface area contributed by atoms with Gasteiger partial charge in [0.2, 0.25) is 5.88 Å². The maximum absolute atomic E-state index is 6.07. The average molecular weight is 296 g/mol. The van der Waals surface area contributed by atoms with Gasteiger partial charge >= 0.3 is 0 Å². The second-order valence-electron chi connectivity index (χ2n) is 4.56. The van der Waals surface area contributed by atoms with Crippen LogP contribution >= 0.6 is 23.2 Å². The van der Waals surface area contributed by atoms with Gasteiger partial charge in [0.05, 0.1) is 5.02 Å². The van der Waals surface area contributed by atoms with E-state index in [-0.39, 0.29) is 0 Å². The monoisotopic (exact) mass is 295 g/mol. The normalized spacial score (nSPS) is 10.8. The van der Waals surface area contributed by atoms with Crippen molar-refractivity contribution in [3.8, 4) is 11.6 Å². The van der Waals surface area contributed by atoms with Crippen LogP contribution in [0.1, 0.15) is 31.0 Å². The SMILES string of the molecule is CC(C)c1cc(CCl)cc(Oc2ccccc2Cl)n1. The van der Waals surface area contributed by atoms with Crippen molar-refractivity contribution in [3.05, 3.63) is 52.7 Å². The number of hydrogen-bond donors (Lipinski definition) is 0. The topological polar surface area (TPSA) is 22.1 Å². The van der Waals surface area contributed by atoms with Crippen molar-refractivity contribution in [3.63, 3.8) is 0 Å². The number of alkyl halides is 1. The molecule has 100 valence electrons. The molecule has 0 fully saturated rings. The van der Waals surface area contributed by atoms with Gasteiger partial charge in [-0.3, -0.25) is 0 Å². The lowest BCUT2D eigenvalue weighted by Crippen LogP contribution is -1.98. The standard InChI is InChI=1S/C15H15Cl2NO/c1-10(2)13-7-11(9-16)8-15(18-13)19-14-6-4-3-5-12(14)17/h3-8,10H,9H2,1-2H3. The van der Waals surface area contributed by atoms with Crippen LogP contribution in [-0.2, 0) is 5.88 Å². The van der Waals surface area contributed by atoms with Crippen molar-refractivity contribution in [2.24, 2.45) is 0 Å². The van der Waals surface area contributed by atoms with Crippen LogP contribution in [-0.4, -0.2) is 4.98 Å². The predicted octanol–water partition coefficient (Wildman–Crippen LogP) is 5.39. The molecule has 0 atom stereocenters. The first-order chi connectivity index (χ1) is 9.10. The molecule has 1 aromatic carbocycles. The van der Waals surface area contributed by atoms with E-state index in [1.165, 1.54) is 0 Å². The fourth-order valence-electron chi connectivity index (χ4n) is 1.65. The highest BCUT2D eigenvalue weighted by atomic mass is 35.5. The van der Waals surface area contributed by atoms with Gasteiger partial charge in [0.15, 0.2) is 0 Å². The molecule has 2 aromatic rings. The van der Waals surface area contributed by atoms with E-state index < -0.39 is 0 Å². The number of para-hydroxylation sites is 1. The Kier molecular flexibility index (Phi) is 4.67. The molecule has 4 heteroatoms. The first-order valence-electron chi connectivity index (χ1n) is 6.09. The summed E-state index contributed by atoms with van der Waals surface area (Å²) in [4.78, 5) is 4.48. The van der Waals surface area contributed by atoms with Crippen LogP contribution in [0.5, 0.6) is 11.6 Å². The summed E-state index contributed by atoms with van der Waals surface area (Å²) in [5, 5.41) is 0.562. The van der Waals surface area contributed by atoms with E-state index in [1.54, 1.807) is 6.07 Å². The van der Waals surface area contributed by atoms with Crippen LogP contribution in [0.2, 0.25) is 5.02 Å². The van der Waals surface area contributed by atoms with Crippen molar-refractivity contribution in [1.82, 2.24) is 4.98 Å². The number of rotatable bonds is 4. The van der Waals surface area contributed by atoms with E-state index in [0.717, 1.165) is 11.3 Å². The summed E-state index contributed by atoms with van der Waals surface area (Å²) in [5.74, 6) is 1.87. The molecule has 1 heterocycles. The number of nitrogens with zero attached hydrogens (tertiary/aromatic N) is 1. The Balaban J connectivity index is 2.34. The third-order valence-corrected chi connectivity index (χ3v) is 3.30. The number of aromatic nitrogens is 1. The Labute approximate surface area is 123 Å². The van der Waals surface area contributed by atoms with Crippen LogP contribution in [0, 0.1) is 0 Å². The third kappa shape index (κ3) is 3.62. The average Bonchev–Trinajstić information content (AvgIpc) is 2.41. The zero-order chi connectivity index (χ0) is 13.8. The summed E-state index contributed by atoms with van der Waals surface area (Å²) < 4.78 is 5.74. The van der Waals surface area contributed by atoms with Gasteiger partial charge in [0.1, 0.15) is 5.75 Å². The highest BCUT2D eigenvalue weighted by Gasteiger charge is 2.09. The van der Waals surface area contributed by atoms with Gasteiger partial charge in [-0.05, 0) is 29.7 Å². The molecule has 19 heavy (non-hydrogen) atoms. The van der Waals surface area contributed by atoms with E-state index >= 15 is 0 Å². The number of ether oxygens (including phenoxy) is 1. The Morgan fingerprint density at radius 3 is 2.58 bits per heavy atom. The predicted molar refractivity (Wildman–Crippen MR) is 79.4 cm³/mol. The molecule has 0 bridgehead atoms. The number of pyridine rings is 1. The van der Waals surface area contributed by atoms with Crippen LogP contribution in [0.25, 0.3) is 0 Å². The Bertz CT molecular complexity index is 570. The van der Waals surface area contributed by atoms with Gasteiger partial charge in [-0.25, -0.2) is 4.98 Å². The molecule has 0 radical (unpaired) electrons. The molecule has 1 aromatic heterocycles. The molecule has 0 aliphatic heterocycles. The fourth-order valence-corrected chi connectivity index (χ4v) is 1.98. The summed E-state index contributed by atoms with van der Waals surface area (Å²) in [6, 6.07) is 11.2. The summed E-state index contributed by atoms with van der Waals surface area (Å²) in [6.07, 6.45) is 0. The van der Waals surface area contributed by atoms with Crippen LogP contribution in [0.3, 0.4) is 0 Å². The second kappa shape index (κ2) is 6.27. The quantitative estimate of drug-likeness (QED) is 0.706. The maximum Gasteiger partial charge on any atom is 0.219 e. The number of benzene rings is 1. The van der Waals surface area contributed by atoms with Crippen LogP contribution < -0.4 is 4.74 Å². The highest BCUT2D eigenvalue weighted by molar-refractivity contribution is 6.32. The van der Waals surface area contributed by atoms with Crippen molar-refractivity contribution >= 4 is 23.2 Å². The molecule has 0 aliphatic carbocycles. The van der Waals surface area contributed by atoms with Crippen molar-refractivity contribution < 1.29 is 4.74 Å². The molecular weight excluding hydrogens is 281 g/mol. The van der Waals surface area contributed by atoms with Gasteiger partial charge in [0.25, 0.3) is 0 Å². The van der Waals surface area contributed by atoms with Crippen LogP contribution in [0.4, 0.5) is 0 Å². The molecule has 2 nitrogen and oxygen atoms in total. The molecule has 0 saturated carbocycles. The van der Waals surface area contributed by atoms with Gasteiger partial charge in [-0.2, -0.15) is 0 Å². The zero-order valence-electron chi connectivity index (χ0n) is 10.9. The molecule has 0 aliphatic rings. The van der Waals surface area contributed by atoms with E-state index in [9.17, 15) is 0 Å². The highest BCUT2D eigenvalue weighted by Crippen LogP contribution is 2.29. The lowest BCUT2D eigenvalue weighted by Gasteiger charge is -2.11. The zero-order valence-corrected chi connectivity index (χ0v) is 12.4. The van der Waals surface area contributed by atoms with E-state index in [2.05, 4.69) is 18.8 Å². The Morgan fingerprint density at radius 2 is 1.95 bits per heavy atom.